The number of nitrogens with one attached hydrogen (secondary N) is 3. The summed E-state index contributed by atoms with van der Waals surface area (Å²) >= 11 is 0. The molecule has 0 aliphatic rings. The van der Waals surface area contributed by atoms with Crippen molar-refractivity contribution >= 4 is 28.5 Å². The van der Waals surface area contributed by atoms with Crippen LogP contribution < -0.4 is 10.6 Å². The predicted octanol–water partition coefficient (Wildman–Crippen LogP) is 2.64. The molecule has 8 heteroatoms. The van der Waals surface area contributed by atoms with Crippen molar-refractivity contribution in [3.05, 3.63) is 66.4 Å². The first-order valence-corrected chi connectivity index (χ1v) is 8.15. The first-order valence-electron chi connectivity index (χ1n) is 8.15. The van der Waals surface area contributed by atoms with Gasteiger partial charge < -0.3 is 15.7 Å². The highest BCUT2D eigenvalue weighted by Crippen LogP contribution is 2.19. The van der Waals surface area contributed by atoms with Gasteiger partial charge in [-0.25, -0.2) is 4.98 Å². The first-order chi connectivity index (χ1) is 12.8. The lowest BCUT2D eigenvalue weighted by Crippen LogP contribution is -2.13. The highest BCUT2D eigenvalue weighted by atomic mass is 16.3. The number of aromatic nitrogens is 5. The van der Waals surface area contributed by atoms with E-state index in [1.165, 1.54) is 0 Å². The van der Waals surface area contributed by atoms with E-state index in [9.17, 15) is 5.11 Å². The Morgan fingerprint density at radius 2 is 1.85 bits per heavy atom. The zero-order valence-electron chi connectivity index (χ0n) is 13.8. The molecule has 0 aliphatic carbocycles. The van der Waals surface area contributed by atoms with Crippen LogP contribution in [-0.2, 0) is 0 Å². The van der Waals surface area contributed by atoms with Crippen LogP contribution in [0.25, 0.3) is 11.0 Å². The molecule has 0 saturated heterocycles. The number of hydrogen-bond donors (Lipinski definition) is 4. The summed E-state index contributed by atoms with van der Waals surface area (Å²) in [5, 5.41) is 27.2. The summed E-state index contributed by atoms with van der Waals surface area (Å²) < 4.78 is 0. The van der Waals surface area contributed by atoms with Gasteiger partial charge in [0, 0.05) is 18.4 Å². The normalized spacial score (nSPS) is 12.0. The van der Waals surface area contributed by atoms with Crippen LogP contribution in [0.4, 0.5) is 17.5 Å². The van der Waals surface area contributed by atoms with Gasteiger partial charge in [-0.3, -0.25) is 0 Å². The summed E-state index contributed by atoms with van der Waals surface area (Å²) in [6, 6.07) is 16.9. The fourth-order valence-corrected chi connectivity index (χ4v) is 2.56. The minimum Gasteiger partial charge on any atom is -0.387 e. The van der Waals surface area contributed by atoms with Gasteiger partial charge in [0.25, 0.3) is 0 Å². The van der Waals surface area contributed by atoms with Gasteiger partial charge in [-0.05, 0) is 29.8 Å². The molecule has 130 valence electrons. The number of H-pyrrole nitrogens is 1. The van der Waals surface area contributed by atoms with E-state index >= 15 is 0 Å². The Morgan fingerprint density at radius 3 is 2.73 bits per heavy atom. The lowest BCUT2D eigenvalue weighted by Gasteiger charge is -2.13. The van der Waals surface area contributed by atoms with Crippen LogP contribution >= 0.6 is 0 Å². The maximum Gasteiger partial charge on any atom is 0.229 e. The summed E-state index contributed by atoms with van der Waals surface area (Å²) in [5.41, 5.74) is 3.22. The Labute approximate surface area is 149 Å². The number of aliphatic hydroxyl groups excluding tert-OH is 1. The molecule has 2 aromatic carbocycles. The van der Waals surface area contributed by atoms with Crippen LogP contribution in [0.5, 0.6) is 0 Å². The molecule has 26 heavy (non-hydrogen) atoms. The topological polar surface area (TPSA) is 112 Å². The van der Waals surface area contributed by atoms with Gasteiger partial charge in [-0.15, -0.1) is 0 Å². The first kappa shape index (κ1) is 16.0. The molecule has 0 unspecified atom stereocenters. The highest BCUT2D eigenvalue weighted by molar-refractivity contribution is 5.78. The van der Waals surface area contributed by atoms with E-state index in [1.807, 2.05) is 48.5 Å². The average molecular weight is 347 g/mol. The molecule has 0 radical (unpaired) electrons. The average Bonchev–Trinajstić information content (AvgIpc) is 3.15. The van der Waals surface area contributed by atoms with Crippen molar-refractivity contribution in [3.8, 4) is 0 Å². The molecule has 1 atom stereocenters. The van der Waals surface area contributed by atoms with Crippen LogP contribution in [0.1, 0.15) is 11.7 Å². The molecule has 0 spiro atoms. The fourth-order valence-electron chi connectivity index (χ4n) is 2.56. The minimum absolute atomic E-state index is 0.353. The van der Waals surface area contributed by atoms with E-state index in [-0.39, 0.29) is 0 Å². The van der Waals surface area contributed by atoms with Crippen molar-refractivity contribution < 1.29 is 5.11 Å². The molecule has 4 aromatic rings. The van der Waals surface area contributed by atoms with Gasteiger partial charge >= 0.3 is 0 Å². The van der Waals surface area contributed by atoms with Gasteiger partial charge in [-0.1, -0.05) is 30.3 Å². The van der Waals surface area contributed by atoms with Gasteiger partial charge in [0.1, 0.15) is 16.9 Å². The molecule has 2 aromatic heterocycles. The second-order valence-corrected chi connectivity index (χ2v) is 5.72. The van der Waals surface area contributed by atoms with Crippen LogP contribution in [0.3, 0.4) is 0 Å². The van der Waals surface area contributed by atoms with E-state index < -0.39 is 6.10 Å². The molecule has 2 heterocycles. The van der Waals surface area contributed by atoms with Gasteiger partial charge in [0.05, 0.1) is 6.10 Å². The van der Waals surface area contributed by atoms with E-state index in [1.54, 1.807) is 12.3 Å². The molecule has 0 saturated carbocycles. The number of anilines is 3. The molecule has 0 aliphatic heterocycles. The third kappa shape index (κ3) is 3.60. The Bertz CT molecular complexity index is 1000. The number of nitrogens with zero attached hydrogens (tertiary/aromatic N) is 4. The van der Waals surface area contributed by atoms with Crippen molar-refractivity contribution in [2.24, 2.45) is 0 Å². The minimum atomic E-state index is -0.614. The molecule has 8 nitrogen and oxygen atoms in total. The van der Waals surface area contributed by atoms with Crippen LogP contribution in [0.15, 0.2) is 60.8 Å². The van der Waals surface area contributed by atoms with Crippen LogP contribution in [0.2, 0.25) is 0 Å². The fraction of sp³-hybridized carbons (Fsp3) is 0.111. The second kappa shape index (κ2) is 7.16. The number of rotatable bonds is 6. The molecule has 0 fully saturated rings. The largest absolute Gasteiger partial charge is 0.387 e. The Balaban J connectivity index is 1.43. The summed E-state index contributed by atoms with van der Waals surface area (Å²) in [6.45, 7) is 0.353. The molecule has 4 N–H and O–H groups in total. The maximum absolute atomic E-state index is 10.2. The van der Waals surface area contributed by atoms with Crippen LogP contribution in [-0.4, -0.2) is 37.0 Å². The molecular weight excluding hydrogens is 330 g/mol. The van der Waals surface area contributed by atoms with E-state index in [0.29, 0.717) is 18.3 Å². The third-order valence-corrected chi connectivity index (χ3v) is 3.89. The number of fused-ring (bicyclic) bond motifs is 1. The Morgan fingerprint density at radius 1 is 1.00 bits per heavy atom. The molecule has 0 bridgehead atoms. The SMILES string of the molecule is O[C@H](CNc1ccnc(Nc2ccc3n[nH]nc3c2)n1)c1ccccc1. The monoisotopic (exact) mass is 347 g/mol. The molecule has 0 amide bonds. The van der Waals surface area contributed by atoms with E-state index in [2.05, 4.69) is 36.0 Å². The standard InChI is InChI=1S/C18H17N7O/c26-16(12-4-2-1-3-5-12)11-20-17-8-9-19-18(22-17)21-13-6-7-14-15(10-13)24-25-23-14/h1-10,16,26H,11H2,(H,23,24,25)(H2,19,20,21,22)/t16-/m1/s1. The summed E-state index contributed by atoms with van der Waals surface area (Å²) in [6.07, 6.45) is 1.04. The summed E-state index contributed by atoms with van der Waals surface area (Å²) in [7, 11) is 0. The Hall–Kier alpha value is -3.52. The van der Waals surface area contributed by atoms with E-state index in [0.717, 1.165) is 22.3 Å². The molecule has 4 rings (SSSR count). The number of benzene rings is 2. The Kier molecular flexibility index (Phi) is 4.40. The lowest BCUT2D eigenvalue weighted by atomic mass is 10.1. The van der Waals surface area contributed by atoms with Crippen molar-refractivity contribution in [1.29, 1.82) is 0 Å². The quantitative estimate of drug-likeness (QED) is 0.424. The molecular formula is C18H17N7O. The van der Waals surface area contributed by atoms with Gasteiger partial charge in [0.2, 0.25) is 5.95 Å². The zero-order valence-corrected chi connectivity index (χ0v) is 13.8. The number of aromatic amines is 1. The zero-order chi connectivity index (χ0) is 17.8. The second-order valence-electron chi connectivity index (χ2n) is 5.72. The van der Waals surface area contributed by atoms with Crippen molar-refractivity contribution in [2.75, 3.05) is 17.2 Å². The smallest absolute Gasteiger partial charge is 0.229 e. The summed E-state index contributed by atoms with van der Waals surface area (Å²) in [4.78, 5) is 8.63. The van der Waals surface area contributed by atoms with Gasteiger partial charge in [0.15, 0.2) is 0 Å². The highest BCUT2D eigenvalue weighted by Gasteiger charge is 2.08. The number of aliphatic hydroxyl groups is 1. The third-order valence-electron chi connectivity index (χ3n) is 3.89. The number of hydrogen-bond acceptors (Lipinski definition) is 7. The van der Waals surface area contributed by atoms with Gasteiger partial charge in [-0.2, -0.15) is 20.4 Å². The van der Waals surface area contributed by atoms with Crippen LogP contribution in [0, 0.1) is 0 Å². The van der Waals surface area contributed by atoms with E-state index in [4.69, 9.17) is 0 Å². The van der Waals surface area contributed by atoms with Crippen molar-refractivity contribution in [2.45, 2.75) is 6.10 Å². The predicted molar refractivity (Wildman–Crippen MR) is 99.1 cm³/mol. The van der Waals surface area contributed by atoms with Crippen molar-refractivity contribution in [1.82, 2.24) is 25.4 Å². The maximum atomic E-state index is 10.2. The summed E-state index contributed by atoms with van der Waals surface area (Å²) in [5.74, 6) is 1.08. The lowest BCUT2D eigenvalue weighted by molar-refractivity contribution is 0.191. The van der Waals surface area contributed by atoms with Crippen molar-refractivity contribution in [3.63, 3.8) is 0 Å².